The van der Waals surface area contributed by atoms with Gasteiger partial charge in [0.1, 0.15) is 11.9 Å². The van der Waals surface area contributed by atoms with E-state index >= 15 is 0 Å². The fourth-order valence-electron chi connectivity index (χ4n) is 1.48. The van der Waals surface area contributed by atoms with Gasteiger partial charge in [0.25, 0.3) is 0 Å². The van der Waals surface area contributed by atoms with Crippen LogP contribution in [-0.2, 0) is 4.79 Å². The Kier molecular flexibility index (Phi) is 3.51. The Morgan fingerprint density at radius 2 is 2.38 bits per heavy atom. The van der Waals surface area contributed by atoms with Gasteiger partial charge in [0.15, 0.2) is 0 Å². The molecular formula is C10H9BrFNO2S. The molecule has 1 aromatic rings. The Bertz CT molecular complexity index is 429. The summed E-state index contributed by atoms with van der Waals surface area (Å²) >= 11 is 4.55. The average Bonchev–Trinajstić information content (AvgIpc) is 2.71. The van der Waals surface area contributed by atoms with E-state index in [-0.39, 0.29) is 11.2 Å². The molecule has 16 heavy (non-hydrogen) atoms. The van der Waals surface area contributed by atoms with Crippen LogP contribution < -0.4 is 5.32 Å². The van der Waals surface area contributed by atoms with Gasteiger partial charge in [0, 0.05) is 5.75 Å². The maximum atomic E-state index is 13.3. The van der Waals surface area contributed by atoms with E-state index in [4.69, 9.17) is 5.11 Å². The van der Waals surface area contributed by atoms with E-state index in [1.54, 1.807) is 12.1 Å². The Labute approximate surface area is 105 Å². The van der Waals surface area contributed by atoms with E-state index in [0.717, 1.165) is 5.56 Å². The third kappa shape index (κ3) is 2.39. The highest BCUT2D eigenvalue weighted by Gasteiger charge is 2.30. The van der Waals surface area contributed by atoms with Crippen molar-refractivity contribution in [2.45, 2.75) is 11.4 Å². The van der Waals surface area contributed by atoms with Gasteiger partial charge in [0.2, 0.25) is 0 Å². The van der Waals surface area contributed by atoms with Gasteiger partial charge in [-0.15, -0.1) is 11.8 Å². The zero-order valence-electron chi connectivity index (χ0n) is 8.11. The molecule has 2 rings (SSSR count). The van der Waals surface area contributed by atoms with Crippen molar-refractivity contribution < 1.29 is 14.3 Å². The minimum absolute atomic E-state index is 0.149. The van der Waals surface area contributed by atoms with Crippen molar-refractivity contribution in [3.05, 3.63) is 34.1 Å². The van der Waals surface area contributed by atoms with E-state index in [0.29, 0.717) is 10.2 Å². The summed E-state index contributed by atoms with van der Waals surface area (Å²) in [6.45, 7) is 0. The van der Waals surface area contributed by atoms with Crippen molar-refractivity contribution in [1.82, 2.24) is 5.32 Å². The van der Waals surface area contributed by atoms with E-state index in [1.165, 1.54) is 17.8 Å². The first-order valence-corrected chi connectivity index (χ1v) is 6.47. The second kappa shape index (κ2) is 4.73. The van der Waals surface area contributed by atoms with Crippen LogP contribution in [0, 0.1) is 5.82 Å². The second-order valence-electron chi connectivity index (χ2n) is 3.44. The summed E-state index contributed by atoms with van der Waals surface area (Å²) in [5, 5.41) is 11.6. The lowest BCUT2D eigenvalue weighted by atomic mass is 10.2. The van der Waals surface area contributed by atoms with Crippen molar-refractivity contribution >= 4 is 33.7 Å². The fraction of sp³-hybridized carbons (Fsp3) is 0.300. The molecule has 1 fully saturated rings. The Morgan fingerprint density at radius 3 is 2.94 bits per heavy atom. The maximum Gasteiger partial charge on any atom is 0.321 e. The minimum Gasteiger partial charge on any atom is -0.480 e. The summed E-state index contributed by atoms with van der Waals surface area (Å²) < 4.78 is 13.7. The molecule has 2 N–H and O–H groups in total. The quantitative estimate of drug-likeness (QED) is 0.881. The fourth-order valence-corrected chi connectivity index (χ4v) is 2.95. The maximum absolute atomic E-state index is 13.3. The van der Waals surface area contributed by atoms with Crippen LogP contribution in [0.1, 0.15) is 10.9 Å². The molecule has 86 valence electrons. The Morgan fingerprint density at radius 1 is 1.62 bits per heavy atom. The number of carbonyl (C=O) groups is 1. The smallest absolute Gasteiger partial charge is 0.321 e. The standard InChI is InChI=1S/C10H9BrFNO2S/c11-6-2-1-5(3-7(6)12)9-13-8(4-16-9)10(14)15/h1-3,8-9,13H,4H2,(H,14,15)/t8-,9?/m0/s1. The van der Waals surface area contributed by atoms with Crippen molar-refractivity contribution in [2.24, 2.45) is 0 Å². The first-order valence-electron chi connectivity index (χ1n) is 4.63. The number of rotatable bonds is 2. The number of nitrogens with one attached hydrogen (secondary N) is 1. The van der Waals surface area contributed by atoms with Crippen molar-refractivity contribution in [2.75, 3.05) is 5.75 Å². The van der Waals surface area contributed by atoms with Crippen molar-refractivity contribution in [3.63, 3.8) is 0 Å². The molecule has 0 saturated carbocycles. The number of carboxylic acids is 1. The number of hydrogen-bond acceptors (Lipinski definition) is 3. The number of halogens is 2. The third-order valence-corrected chi connectivity index (χ3v) is 4.24. The molecule has 0 bridgehead atoms. The summed E-state index contributed by atoms with van der Waals surface area (Å²) in [5.41, 5.74) is 0.759. The zero-order chi connectivity index (χ0) is 11.7. The molecule has 1 aliphatic rings. The summed E-state index contributed by atoms with van der Waals surface area (Å²) in [4.78, 5) is 10.7. The lowest BCUT2D eigenvalue weighted by molar-refractivity contribution is -0.138. The number of thioether (sulfide) groups is 1. The predicted octanol–water partition coefficient (Wildman–Crippen LogP) is 2.38. The van der Waals surface area contributed by atoms with Crippen LogP contribution >= 0.6 is 27.7 Å². The van der Waals surface area contributed by atoms with Crippen molar-refractivity contribution in [1.29, 1.82) is 0 Å². The highest BCUT2D eigenvalue weighted by Crippen LogP contribution is 2.34. The Hall–Kier alpha value is -0.590. The summed E-state index contributed by atoms with van der Waals surface area (Å²) in [6, 6.07) is 4.27. The average molecular weight is 306 g/mol. The van der Waals surface area contributed by atoms with Crippen LogP contribution in [-0.4, -0.2) is 22.9 Å². The van der Waals surface area contributed by atoms with Gasteiger partial charge >= 0.3 is 5.97 Å². The SMILES string of the molecule is O=C(O)[C@@H]1CSC(c2ccc(Br)c(F)c2)N1. The van der Waals surface area contributed by atoms with Crippen molar-refractivity contribution in [3.8, 4) is 0 Å². The summed E-state index contributed by atoms with van der Waals surface area (Å²) in [6.07, 6.45) is 0. The molecular weight excluding hydrogens is 297 g/mol. The number of benzene rings is 1. The number of carboxylic acid groups (broad SMARTS) is 1. The van der Waals surface area contributed by atoms with Gasteiger partial charge in [-0.3, -0.25) is 10.1 Å². The van der Waals surface area contributed by atoms with Gasteiger partial charge in [-0.1, -0.05) is 6.07 Å². The number of hydrogen-bond donors (Lipinski definition) is 2. The Balaban J connectivity index is 2.14. The molecule has 2 atom stereocenters. The minimum atomic E-state index is -0.868. The van der Waals surface area contributed by atoms with Gasteiger partial charge in [-0.2, -0.15) is 0 Å². The first-order chi connectivity index (χ1) is 7.58. The van der Waals surface area contributed by atoms with Crippen LogP contribution in [0.3, 0.4) is 0 Å². The largest absolute Gasteiger partial charge is 0.480 e. The molecule has 0 aromatic heterocycles. The normalized spacial score (nSPS) is 24.6. The van der Waals surface area contributed by atoms with Crippen LogP contribution in [0.25, 0.3) is 0 Å². The highest BCUT2D eigenvalue weighted by molar-refractivity contribution is 9.10. The molecule has 0 radical (unpaired) electrons. The van der Waals surface area contributed by atoms with E-state index in [2.05, 4.69) is 21.2 Å². The molecule has 3 nitrogen and oxygen atoms in total. The van der Waals surface area contributed by atoms with Gasteiger partial charge in [0.05, 0.1) is 9.85 Å². The van der Waals surface area contributed by atoms with E-state index in [9.17, 15) is 9.18 Å². The third-order valence-electron chi connectivity index (χ3n) is 2.33. The molecule has 1 unspecified atom stereocenters. The second-order valence-corrected chi connectivity index (χ2v) is 5.44. The van der Waals surface area contributed by atoms with Gasteiger partial charge in [-0.25, -0.2) is 4.39 Å². The predicted molar refractivity (Wildman–Crippen MR) is 63.9 cm³/mol. The lowest BCUT2D eigenvalue weighted by Crippen LogP contribution is -2.33. The van der Waals surface area contributed by atoms with Crippen LogP contribution in [0.2, 0.25) is 0 Å². The van der Waals surface area contributed by atoms with Gasteiger partial charge in [-0.05, 0) is 33.6 Å². The van der Waals surface area contributed by atoms with Crippen LogP contribution in [0.4, 0.5) is 4.39 Å². The number of aliphatic carboxylic acids is 1. The van der Waals surface area contributed by atoms with Crippen LogP contribution in [0.15, 0.2) is 22.7 Å². The van der Waals surface area contributed by atoms with E-state index in [1.807, 2.05) is 0 Å². The molecule has 0 spiro atoms. The topological polar surface area (TPSA) is 49.3 Å². The van der Waals surface area contributed by atoms with Gasteiger partial charge < -0.3 is 5.11 Å². The molecule has 1 heterocycles. The summed E-state index contributed by atoms with van der Waals surface area (Å²) in [7, 11) is 0. The summed E-state index contributed by atoms with van der Waals surface area (Å²) in [5.74, 6) is -0.705. The van der Waals surface area contributed by atoms with Crippen LogP contribution in [0.5, 0.6) is 0 Å². The highest BCUT2D eigenvalue weighted by atomic mass is 79.9. The zero-order valence-corrected chi connectivity index (χ0v) is 10.5. The molecule has 0 aliphatic carbocycles. The first kappa shape index (κ1) is 11.9. The van der Waals surface area contributed by atoms with E-state index < -0.39 is 12.0 Å². The lowest BCUT2D eigenvalue weighted by Gasteiger charge is -2.11. The molecule has 6 heteroatoms. The molecule has 1 saturated heterocycles. The molecule has 0 amide bonds. The molecule has 1 aromatic carbocycles. The molecule has 1 aliphatic heterocycles. The monoisotopic (exact) mass is 305 g/mol.